The van der Waals surface area contributed by atoms with E-state index in [9.17, 15) is 18.0 Å². The molecule has 0 aliphatic rings. The van der Waals surface area contributed by atoms with Gasteiger partial charge in [-0.2, -0.15) is 0 Å². The molecule has 1 N–H and O–H groups in total. The van der Waals surface area contributed by atoms with Gasteiger partial charge >= 0.3 is 0 Å². The summed E-state index contributed by atoms with van der Waals surface area (Å²) in [5.41, 5.74) is 1.67. The second-order valence-corrected chi connectivity index (χ2v) is 13.7. The van der Waals surface area contributed by atoms with Crippen molar-refractivity contribution in [2.75, 3.05) is 17.4 Å². The minimum Gasteiger partial charge on any atom is -0.354 e. The predicted octanol–water partition coefficient (Wildman–Crippen LogP) is 7.12. The highest BCUT2D eigenvalue weighted by atomic mass is 79.9. The summed E-state index contributed by atoms with van der Waals surface area (Å²) in [5.74, 6) is -0.921. The fraction of sp³-hybridized carbons (Fsp3) is 0.212. The molecule has 0 bridgehead atoms. The molecule has 0 fully saturated rings. The van der Waals surface area contributed by atoms with Gasteiger partial charge in [0, 0.05) is 29.0 Å². The van der Waals surface area contributed by atoms with Crippen LogP contribution >= 0.6 is 39.1 Å². The van der Waals surface area contributed by atoms with Gasteiger partial charge in [-0.3, -0.25) is 13.9 Å². The average Bonchev–Trinajstić information content (AvgIpc) is 3.03. The highest BCUT2D eigenvalue weighted by Gasteiger charge is 2.35. The summed E-state index contributed by atoms with van der Waals surface area (Å²) in [6, 6.07) is 28.1. The quantitative estimate of drug-likeness (QED) is 0.160. The van der Waals surface area contributed by atoms with Crippen LogP contribution in [0, 0.1) is 0 Å². The van der Waals surface area contributed by atoms with E-state index in [-0.39, 0.29) is 39.5 Å². The maximum Gasteiger partial charge on any atom is 0.264 e. The predicted molar refractivity (Wildman–Crippen MR) is 179 cm³/mol. The van der Waals surface area contributed by atoms with E-state index in [1.807, 2.05) is 61.5 Å². The van der Waals surface area contributed by atoms with E-state index in [1.165, 1.54) is 35.2 Å². The summed E-state index contributed by atoms with van der Waals surface area (Å²) >= 11 is 16.2. The SMILES string of the molecule is CCCNC(=O)[C@@H](Cc1ccccc1)N(Cc1ccc(Br)cc1)C(=O)CN(c1cc(Cl)ccc1Cl)S(=O)(=O)c1ccccc1. The Morgan fingerprint density at radius 1 is 0.864 bits per heavy atom. The smallest absolute Gasteiger partial charge is 0.264 e. The molecule has 44 heavy (non-hydrogen) atoms. The van der Waals surface area contributed by atoms with Gasteiger partial charge in [0.1, 0.15) is 12.6 Å². The third-order valence-corrected chi connectivity index (χ3v) is 9.73. The molecule has 11 heteroatoms. The van der Waals surface area contributed by atoms with Gasteiger partial charge in [0.2, 0.25) is 11.8 Å². The first-order valence-corrected chi connectivity index (χ1v) is 17.0. The number of nitrogens with one attached hydrogen (secondary N) is 1. The van der Waals surface area contributed by atoms with Crippen LogP contribution in [0.15, 0.2) is 112 Å². The van der Waals surface area contributed by atoms with E-state index in [0.29, 0.717) is 13.0 Å². The average molecular weight is 718 g/mol. The van der Waals surface area contributed by atoms with Gasteiger partial charge < -0.3 is 10.2 Å². The molecule has 2 amide bonds. The topological polar surface area (TPSA) is 86.8 Å². The van der Waals surface area contributed by atoms with Crippen LogP contribution in [0.25, 0.3) is 0 Å². The number of rotatable bonds is 13. The molecule has 4 aromatic rings. The minimum absolute atomic E-state index is 0.0233. The van der Waals surface area contributed by atoms with Gasteiger partial charge in [0.05, 0.1) is 15.6 Å². The fourth-order valence-corrected chi connectivity index (χ4v) is 6.76. The van der Waals surface area contributed by atoms with E-state index >= 15 is 0 Å². The number of hydrogen-bond donors (Lipinski definition) is 1. The van der Waals surface area contributed by atoms with Crippen molar-refractivity contribution in [3.05, 3.63) is 129 Å². The Labute approximate surface area is 277 Å². The second kappa shape index (κ2) is 15.6. The van der Waals surface area contributed by atoms with E-state index in [1.54, 1.807) is 18.2 Å². The third-order valence-electron chi connectivity index (χ3n) is 6.87. The normalized spacial score (nSPS) is 11.9. The van der Waals surface area contributed by atoms with Crippen LogP contribution in [-0.4, -0.2) is 44.3 Å². The number of amides is 2. The Kier molecular flexibility index (Phi) is 11.9. The molecule has 0 saturated heterocycles. The van der Waals surface area contributed by atoms with Crippen molar-refractivity contribution in [1.29, 1.82) is 0 Å². The molecule has 4 aromatic carbocycles. The lowest BCUT2D eigenvalue weighted by molar-refractivity contribution is -0.140. The summed E-state index contributed by atoms with van der Waals surface area (Å²) in [4.78, 5) is 29.5. The monoisotopic (exact) mass is 715 g/mol. The Morgan fingerprint density at radius 2 is 1.50 bits per heavy atom. The molecule has 0 aliphatic carbocycles. The summed E-state index contributed by atoms with van der Waals surface area (Å²) in [7, 11) is -4.28. The number of halogens is 3. The number of carbonyl (C=O) groups excluding carboxylic acids is 2. The molecule has 0 saturated carbocycles. The van der Waals surface area contributed by atoms with Gasteiger partial charge in [-0.25, -0.2) is 8.42 Å². The molecule has 4 rings (SSSR count). The lowest BCUT2D eigenvalue weighted by atomic mass is 10.0. The molecule has 1 atom stereocenters. The zero-order chi connectivity index (χ0) is 31.7. The van der Waals surface area contributed by atoms with Crippen molar-refractivity contribution >= 4 is 66.7 Å². The van der Waals surface area contributed by atoms with Gasteiger partial charge in [-0.05, 0) is 60.0 Å². The molecule has 0 unspecified atom stereocenters. The number of anilines is 1. The maximum absolute atomic E-state index is 14.4. The third kappa shape index (κ3) is 8.63. The maximum atomic E-state index is 14.4. The second-order valence-electron chi connectivity index (χ2n) is 10.1. The largest absolute Gasteiger partial charge is 0.354 e. The molecular formula is C33H32BrCl2N3O4S. The van der Waals surface area contributed by atoms with Crippen LogP contribution in [0.5, 0.6) is 0 Å². The first-order chi connectivity index (χ1) is 21.1. The molecule has 7 nitrogen and oxygen atoms in total. The van der Waals surface area contributed by atoms with Gasteiger partial charge in [0.15, 0.2) is 0 Å². The fourth-order valence-electron chi connectivity index (χ4n) is 4.62. The number of hydrogen-bond acceptors (Lipinski definition) is 4. The van der Waals surface area contributed by atoms with Crippen LogP contribution in [0.2, 0.25) is 10.0 Å². The lowest BCUT2D eigenvalue weighted by Gasteiger charge is -2.34. The van der Waals surface area contributed by atoms with Crippen LogP contribution < -0.4 is 9.62 Å². The number of benzene rings is 4. The molecule has 0 heterocycles. The zero-order valence-electron chi connectivity index (χ0n) is 24.0. The van der Waals surface area contributed by atoms with Crippen molar-refractivity contribution in [3.8, 4) is 0 Å². The highest BCUT2D eigenvalue weighted by molar-refractivity contribution is 9.10. The number of carbonyl (C=O) groups is 2. The lowest BCUT2D eigenvalue weighted by Crippen LogP contribution is -2.53. The Balaban J connectivity index is 1.81. The number of nitrogens with zero attached hydrogens (tertiary/aromatic N) is 2. The van der Waals surface area contributed by atoms with Crippen molar-refractivity contribution in [2.24, 2.45) is 0 Å². The molecular weight excluding hydrogens is 685 g/mol. The van der Waals surface area contributed by atoms with Crippen molar-refractivity contribution in [2.45, 2.75) is 37.2 Å². The Bertz CT molecular complexity index is 1670. The summed E-state index contributed by atoms with van der Waals surface area (Å²) in [6.07, 6.45) is 0.933. The molecule has 0 aromatic heterocycles. The van der Waals surface area contributed by atoms with Crippen LogP contribution in [-0.2, 0) is 32.6 Å². The van der Waals surface area contributed by atoms with Crippen molar-refractivity contribution < 1.29 is 18.0 Å². The van der Waals surface area contributed by atoms with Crippen LogP contribution in [0.4, 0.5) is 5.69 Å². The van der Waals surface area contributed by atoms with Crippen molar-refractivity contribution in [3.63, 3.8) is 0 Å². The summed E-state index contributed by atoms with van der Waals surface area (Å²) in [6.45, 7) is 1.81. The minimum atomic E-state index is -4.28. The van der Waals surface area contributed by atoms with Crippen molar-refractivity contribution in [1.82, 2.24) is 10.2 Å². The first-order valence-electron chi connectivity index (χ1n) is 14.0. The van der Waals surface area contributed by atoms with E-state index < -0.39 is 28.5 Å². The van der Waals surface area contributed by atoms with Gasteiger partial charge in [-0.1, -0.05) is 107 Å². The molecule has 0 aliphatic heterocycles. The standard InChI is InChI=1S/C33H32BrCl2N3O4S/c1-2-19-37-33(41)31(20-24-9-5-3-6-10-24)38(22-25-13-15-26(34)16-14-25)32(40)23-39(30-21-27(35)17-18-29(30)36)44(42,43)28-11-7-4-8-12-28/h3-18,21,31H,2,19-20,22-23H2,1H3,(H,37,41)/t31-/m1/s1. The summed E-state index contributed by atoms with van der Waals surface area (Å²) in [5, 5.41) is 3.28. The Morgan fingerprint density at radius 3 is 2.14 bits per heavy atom. The highest BCUT2D eigenvalue weighted by Crippen LogP contribution is 2.33. The molecule has 230 valence electrons. The zero-order valence-corrected chi connectivity index (χ0v) is 27.9. The first kappa shape index (κ1) is 33.5. The Hall–Kier alpha value is -3.37. The van der Waals surface area contributed by atoms with Crippen LogP contribution in [0.3, 0.4) is 0 Å². The molecule has 0 spiro atoms. The van der Waals surface area contributed by atoms with E-state index in [0.717, 1.165) is 19.9 Å². The van der Waals surface area contributed by atoms with Crippen LogP contribution in [0.1, 0.15) is 24.5 Å². The summed E-state index contributed by atoms with van der Waals surface area (Å²) < 4.78 is 29.9. The molecule has 0 radical (unpaired) electrons. The van der Waals surface area contributed by atoms with E-state index in [4.69, 9.17) is 23.2 Å². The van der Waals surface area contributed by atoms with Gasteiger partial charge in [-0.15, -0.1) is 0 Å². The van der Waals surface area contributed by atoms with Gasteiger partial charge in [0.25, 0.3) is 10.0 Å². The number of sulfonamides is 1. The van der Waals surface area contributed by atoms with E-state index in [2.05, 4.69) is 21.2 Å².